The van der Waals surface area contributed by atoms with Crippen LogP contribution < -0.4 is 4.31 Å². The van der Waals surface area contributed by atoms with Gasteiger partial charge in [0.2, 0.25) is 0 Å². The average molecular weight is 359 g/mol. The maximum Gasteiger partial charge on any atom is 0.324 e. The van der Waals surface area contributed by atoms with Crippen molar-refractivity contribution in [2.24, 2.45) is 0 Å². The molecule has 7 heteroatoms. The molecule has 0 aliphatic heterocycles. The van der Waals surface area contributed by atoms with Crippen molar-refractivity contribution < 1.29 is 22.7 Å². The number of hydrogen-bond acceptors (Lipinski definition) is 3. The lowest BCUT2D eigenvalue weighted by Crippen LogP contribution is -2.35. The van der Waals surface area contributed by atoms with E-state index in [1.54, 1.807) is 18.2 Å². The lowest BCUT2D eigenvalue weighted by molar-refractivity contribution is -0.135. The Kier molecular flexibility index (Phi) is 4.41. The van der Waals surface area contributed by atoms with E-state index in [0.717, 1.165) is 17.5 Å². The van der Waals surface area contributed by atoms with Gasteiger partial charge in [-0.1, -0.05) is 36.4 Å². The van der Waals surface area contributed by atoms with Crippen LogP contribution in [0.25, 0.3) is 10.8 Å². The molecule has 0 bridgehead atoms. The molecule has 0 aliphatic carbocycles. The van der Waals surface area contributed by atoms with E-state index in [1.165, 1.54) is 24.3 Å². The third-order valence-corrected chi connectivity index (χ3v) is 5.45. The molecule has 3 rings (SSSR count). The van der Waals surface area contributed by atoms with Crippen LogP contribution in [-0.2, 0) is 14.8 Å². The fourth-order valence-corrected chi connectivity index (χ4v) is 3.97. The predicted octanol–water partition coefficient (Wildman–Crippen LogP) is 3.26. The van der Waals surface area contributed by atoms with E-state index in [1.807, 2.05) is 12.1 Å². The number of benzene rings is 3. The molecule has 0 aromatic heterocycles. The van der Waals surface area contributed by atoms with Crippen molar-refractivity contribution in [3.63, 3.8) is 0 Å². The fourth-order valence-electron chi connectivity index (χ4n) is 2.52. The molecule has 0 amide bonds. The number of carbonyl (C=O) groups is 1. The van der Waals surface area contributed by atoms with Crippen molar-refractivity contribution >= 4 is 32.5 Å². The zero-order valence-electron chi connectivity index (χ0n) is 13.0. The molecule has 3 aromatic rings. The minimum atomic E-state index is -4.17. The Morgan fingerprint density at radius 1 is 0.960 bits per heavy atom. The van der Waals surface area contributed by atoms with Crippen molar-refractivity contribution in [3.05, 3.63) is 72.5 Å². The smallest absolute Gasteiger partial charge is 0.324 e. The summed E-state index contributed by atoms with van der Waals surface area (Å²) in [6, 6.07) is 16.6. The third kappa shape index (κ3) is 3.46. The summed E-state index contributed by atoms with van der Waals surface area (Å²) in [6.07, 6.45) is 0. The number of aliphatic carboxylic acids is 1. The lowest BCUT2D eigenvalue weighted by atomic mass is 10.1. The van der Waals surface area contributed by atoms with Gasteiger partial charge in [0.05, 0.1) is 10.6 Å². The molecule has 0 aliphatic rings. The molecule has 0 saturated heterocycles. The zero-order chi connectivity index (χ0) is 18.0. The molecule has 1 N–H and O–H groups in total. The van der Waals surface area contributed by atoms with Gasteiger partial charge in [0, 0.05) is 0 Å². The van der Waals surface area contributed by atoms with E-state index in [9.17, 15) is 17.6 Å². The standard InChI is InChI=1S/C18H14FNO4S/c19-15-6-3-7-16(11-15)20(12-18(21)22)25(23,24)17-9-8-13-4-1-2-5-14(13)10-17/h1-11H,12H2,(H,21,22). The van der Waals surface area contributed by atoms with Crippen LogP contribution in [0.3, 0.4) is 0 Å². The topological polar surface area (TPSA) is 74.7 Å². The van der Waals surface area contributed by atoms with Crippen LogP contribution in [-0.4, -0.2) is 26.0 Å². The van der Waals surface area contributed by atoms with E-state index in [4.69, 9.17) is 5.11 Å². The second-order valence-electron chi connectivity index (χ2n) is 5.39. The molecule has 0 fully saturated rings. The molecule has 25 heavy (non-hydrogen) atoms. The first-order chi connectivity index (χ1) is 11.9. The van der Waals surface area contributed by atoms with Crippen molar-refractivity contribution in [2.75, 3.05) is 10.8 Å². The Morgan fingerprint density at radius 2 is 1.68 bits per heavy atom. The van der Waals surface area contributed by atoms with Crippen LogP contribution in [0, 0.1) is 5.82 Å². The highest BCUT2D eigenvalue weighted by Gasteiger charge is 2.27. The first-order valence-corrected chi connectivity index (χ1v) is 8.81. The number of hydrogen-bond donors (Lipinski definition) is 1. The van der Waals surface area contributed by atoms with Crippen molar-refractivity contribution in [2.45, 2.75) is 4.90 Å². The molecule has 5 nitrogen and oxygen atoms in total. The van der Waals surface area contributed by atoms with Crippen LogP contribution in [0.5, 0.6) is 0 Å². The largest absolute Gasteiger partial charge is 0.480 e. The second kappa shape index (κ2) is 6.52. The predicted molar refractivity (Wildman–Crippen MR) is 92.5 cm³/mol. The van der Waals surface area contributed by atoms with Gasteiger partial charge in [0.1, 0.15) is 12.4 Å². The minimum Gasteiger partial charge on any atom is -0.480 e. The van der Waals surface area contributed by atoms with Gasteiger partial charge in [-0.2, -0.15) is 0 Å². The molecular weight excluding hydrogens is 345 g/mol. The van der Waals surface area contributed by atoms with Crippen LogP contribution in [0.2, 0.25) is 0 Å². The number of halogens is 1. The molecular formula is C18H14FNO4S. The summed E-state index contributed by atoms with van der Waals surface area (Å²) in [5.41, 5.74) is -0.0458. The quantitative estimate of drug-likeness (QED) is 0.759. The van der Waals surface area contributed by atoms with Crippen molar-refractivity contribution in [3.8, 4) is 0 Å². The second-order valence-corrected chi connectivity index (χ2v) is 7.26. The normalized spacial score (nSPS) is 11.4. The van der Waals surface area contributed by atoms with Crippen LogP contribution in [0.4, 0.5) is 10.1 Å². The summed E-state index contributed by atoms with van der Waals surface area (Å²) in [4.78, 5) is 11.1. The van der Waals surface area contributed by atoms with E-state index < -0.39 is 28.4 Å². The highest BCUT2D eigenvalue weighted by molar-refractivity contribution is 7.92. The Labute approximate surface area is 144 Å². The van der Waals surface area contributed by atoms with Crippen molar-refractivity contribution in [1.29, 1.82) is 0 Å². The molecule has 0 atom stereocenters. The van der Waals surface area contributed by atoms with E-state index in [2.05, 4.69) is 0 Å². The number of rotatable bonds is 5. The summed E-state index contributed by atoms with van der Waals surface area (Å²) in [5.74, 6) is -1.99. The number of carboxylic acid groups (broad SMARTS) is 1. The van der Waals surface area contributed by atoms with Gasteiger partial charge in [-0.15, -0.1) is 0 Å². The van der Waals surface area contributed by atoms with Crippen LogP contribution in [0.1, 0.15) is 0 Å². The van der Waals surface area contributed by atoms with E-state index >= 15 is 0 Å². The average Bonchev–Trinajstić information content (AvgIpc) is 2.59. The molecule has 3 aromatic carbocycles. The van der Waals surface area contributed by atoms with Gasteiger partial charge in [-0.3, -0.25) is 9.10 Å². The summed E-state index contributed by atoms with van der Waals surface area (Å²) >= 11 is 0. The number of sulfonamides is 1. The Balaban J connectivity index is 2.13. The molecule has 0 unspecified atom stereocenters. The Hall–Kier alpha value is -2.93. The van der Waals surface area contributed by atoms with Gasteiger partial charge >= 0.3 is 5.97 Å². The highest BCUT2D eigenvalue weighted by atomic mass is 32.2. The van der Waals surface area contributed by atoms with Crippen LogP contribution >= 0.6 is 0 Å². The van der Waals surface area contributed by atoms with E-state index in [-0.39, 0.29) is 10.6 Å². The number of nitrogens with zero attached hydrogens (tertiary/aromatic N) is 1. The maximum atomic E-state index is 13.5. The number of fused-ring (bicyclic) bond motifs is 1. The zero-order valence-corrected chi connectivity index (χ0v) is 13.8. The number of carboxylic acids is 1. The summed E-state index contributed by atoms with van der Waals surface area (Å²) in [7, 11) is -4.17. The van der Waals surface area contributed by atoms with Gasteiger partial charge in [0.25, 0.3) is 10.0 Å². The van der Waals surface area contributed by atoms with Gasteiger partial charge < -0.3 is 5.11 Å². The SMILES string of the molecule is O=C(O)CN(c1cccc(F)c1)S(=O)(=O)c1ccc2ccccc2c1. The minimum absolute atomic E-state index is 0.0458. The highest BCUT2D eigenvalue weighted by Crippen LogP contribution is 2.26. The first-order valence-electron chi connectivity index (χ1n) is 7.37. The van der Waals surface area contributed by atoms with Crippen molar-refractivity contribution in [1.82, 2.24) is 0 Å². The maximum absolute atomic E-state index is 13.5. The molecule has 0 spiro atoms. The summed E-state index contributed by atoms with van der Waals surface area (Å²) < 4.78 is 40.1. The van der Waals surface area contributed by atoms with Crippen LogP contribution in [0.15, 0.2) is 71.6 Å². The van der Waals surface area contributed by atoms with Gasteiger partial charge in [0.15, 0.2) is 0 Å². The summed E-state index contributed by atoms with van der Waals surface area (Å²) in [6.45, 7) is -0.807. The van der Waals surface area contributed by atoms with Gasteiger partial charge in [-0.05, 0) is 41.1 Å². The fraction of sp³-hybridized carbons (Fsp3) is 0.0556. The Morgan fingerprint density at radius 3 is 2.36 bits per heavy atom. The summed E-state index contributed by atoms with van der Waals surface area (Å²) in [5, 5.41) is 10.7. The first kappa shape index (κ1) is 16.9. The molecule has 0 heterocycles. The molecule has 0 radical (unpaired) electrons. The molecule has 128 valence electrons. The Bertz CT molecular complexity index is 1050. The third-order valence-electron chi connectivity index (χ3n) is 3.68. The molecule has 0 saturated carbocycles. The lowest BCUT2D eigenvalue weighted by Gasteiger charge is -2.23. The number of anilines is 1. The van der Waals surface area contributed by atoms with E-state index in [0.29, 0.717) is 9.69 Å². The monoisotopic (exact) mass is 359 g/mol. The van der Waals surface area contributed by atoms with Gasteiger partial charge in [-0.25, -0.2) is 12.8 Å².